The highest BCUT2D eigenvalue weighted by Crippen LogP contribution is 2.13. The van der Waals surface area contributed by atoms with Crippen LogP contribution in [0.3, 0.4) is 0 Å². The Bertz CT molecular complexity index is 130. The molecule has 1 N–H and O–H groups in total. The van der Waals surface area contributed by atoms with Gasteiger partial charge in [0.05, 0.1) is 18.8 Å². The molecular formula is C11H23NO2. The molecule has 0 aromatic carbocycles. The number of nitrogens with one attached hydrogen (secondary N) is 1. The van der Waals surface area contributed by atoms with Crippen molar-refractivity contribution in [3.63, 3.8) is 0 Å². The second-order valence-corrected chi connectivity index (χ2v) is 3.91. The van der Waals surface area contributed by atoms with Crippen molar-refractivity contribution in [1.29, 1.82) is 0 Å². The molecule has 14 heavy (non-hydrogen) atoms. The van der Waals surface area contributed by atoms with Crippen LogP contribution in [-0.4, -0.2) is 39.0 Å². The van der Waals surface area contributed by atoms with Crippen LogP contribution in [0.25, 0.3) is 0 Å². The Labute approximate surface area is 87.2 Å². The fourth-order valence-corrected chi connectivity index (χ4v) is 1.73. The van der Waals surface area contributed by atoms with Crippen molar-refractivity contribution in [2.45, 2.75) is 44.8 Å². The van der Waals surface area contributed by atoms with Gasteiger partial charge in [-0.2, -0.15) is 0 Å². The average Bonchev–Trinajstić information content (AvgIpc) is 2.25. The van der Waals surface area contributed by atoms with Crippen LogP contribution in [0, 0.1) is 0 Å². The fraction of sp³-hybridized carbons (Fsp3) is 1.00. The van der Waals surface area contributed by atoms with Gasteiger partial charge in [0, 0.05) is 13.2 Å². The maximum atomic E-state index is 5.78. The van der Waals surface area contributed by atoms with Gasteiger partial charge in [0.1, 0.15) is 0 Å². The topological polar surface area (TPSA) is 30.5 Å². The van der Waals surface area contributed by atoms with Crippen LogP contribution in [-0.2, 0) is 9.47 Å². The molecule has 0 aromatic heterocycles. The molecule has 1 heterocycles. The van der Waals surface area contributed by atoms with E-state index in [-0.39, 0.29) is 0 Å². The predicted octanol–water partition coefficient (Wildman–Crippen LogP) is 1.57. The summed E-state index contributed by atoms with van der Waals surface area (Å²) in [6, 6.07) is 0. The summed E-state index contributed by atoms with van der Waals surface area (Å²) in [5, 5.41) is 3.14. The lowest BCUT2D eigenvalue weighted by Gasteiger charge is -2.24. The summed E-state index contributed by atoms with van der Waals surface area (Å²) >= 11 is 0. The summed E-state index contributed by atoms with van der Waals surface area (Å²) in [4.78, 5) is 0. The molecule has 1 aliphatic rings. The van der Waals surface area contributed by atoms with Gasteiger partial charge in [-0.3, -0.25) is 0 Å². The molecule has 1 rings (SSSR count). The van der Waals surface area contributed by atoms with E-state index in [9.17, 15) is 0 Å². The number of rotatable bonds is 6. The van der Waals surface area contributed by atoms with Crippen molar-refractivity contribution in [2.75, 3.05) is 26.8 Å². The summed E-state index contributed by atoms with van der Waals surface area (Å²) < 4.78 is 11.4. The molecule has 3 heteroatoms. The lowest BCUT2D eigenvalue weighted by atomic mass is 10.1. The van der Waals surface area contributed by atoms with E-state index in [0.29, 0.717) is 12.2 Å². The van der Waals surface area contributed by atoms with E-state index in [1.54, 1.807) is 0 Å². The Morgan fingerprint density at radius 3 is 2.93 bits per heavy atom. The molecule has 0 radical (unpaired) electrons. The van der Waals surface area contributed by atoms with E-state index >= 15 is 0 Å². The third-order valence-corrected chi connectivity index (χ3v) is 2.68. The SMILES string of the molecule is CCC(CNC)OCC1CCCCO1. The minimum absolute atomic E-state index is 0.338. The molecular weight excluding hydrogens is 178 g/mol. The number of ether oxygens (including phenoxy) is 2. The van der Waals surface area contributed by atoms with E-state index in [2.05, 4.69) is 12.2 Å². The van der Waals surface area contributed by atoms with E-state index in [1.807, 2.05) is 7.05 Å². The van der Waals surface area contributed by atoms with Crippen molar-refractivity contribution in [3.8, 4) is 0 Å². The highest BCUT2D eigenvalue weighted by molar-refractivity contribution is 4.65. The molecule has 84 valence electrons. The van der Waals surface area contributed by atoms with Gasteiger partial charge >= 0.3 is 0 Å². The quantitative estimate of drug-likeness (QED) is 0.707. The van der Waals surface area contributed by atoms with Gasteiger partial charge in [-0.25, -0.2) is 0 Å². The van der Waals surface area contributed by atoms with Crippen LogP contribution in [0.1, 0.15) is 32.6 Å². The molecule has 0 bridgehead atoms. The van der Waals surface area contributed by atoms with E-state index in [1.165, 1.54) is 12.8 Å². The predicted molar refractivity (Wildman–Crippen MR) is 57.5 cm³/mol. The number of hydrogen-bond donors (Lipinski definition) is 1. The van der Waals surface area contributed by atoms with Crippen LogP contribution >= 0.6 is 0 Å². The zero-order valence-corrected chi connectivity index (χ0v) is 9.42. The van der Waals surface area contributed by atoms with Gasteiger partial charge in [0.25, 0.3) is 0 Å². The Hall–Kier alpha value is -0.120. The van der Waals surface area contributed by atoms with E-state index in [0.717, 1.165) is 32.6 Å². The maximum Gasteiger partial charge on any atom is 0.0808 e. The van der Waals surface area contributed by atoms with Gasteiger partial charge in [-0.05, 0) is 32.7 Å². The molecule has 2 atom stereocenters. The lowest BCUT2D eigenvalue weighted by Crippen LogP contribution is -2.31. The summed E-state index contributed by atoms with van der Waals surface area (Å²) in [7, 11) is 1.96. The largest absolute Gasteiger partial charge is 0.376 e. The third kappa shape index (κ3) is 4.40. The van der Waals surface area contributed by atoms with Gasteiger partial charge in [0.2, 0.25) is 0 Å². The molecule has 1 saturated heterocycles. The second kappa shape index (κ2) is 7.21. The first-order valence-electron chi connectivity index (χ1n) is 5.74. The summed E-state index contributed by atoms with van der Waals surface area (Å²) in [5.74, 6) is 0. The highest BCUT2D eigenvalue weighted by atomic mass is 16.5. The first-order valence-corrected chi connectivity index (χ1v) is 5.74. The number of hydrogen-bond acceptors (Lipinski definition) is 3. The van der Waals surface area contributed by atoms with Gasteiger partial charge in [-0.1, -0.05) is 6.92 Å². The first-order chi connectivity index (χ1) is 6.86. The Balaban J connectivity index is 2.10. The summed E-state index contributed by atoms with van der Waals surface area (Å²) in [6.45, 7) is 4.77. The van der Waals surface area contributed by atoms with Crippen molar-refractivity contribution in [3.05, 3.63) is 0 Å². The molecule has 0 saturated carbocycles. The van der Waals surface area contributed by atoms with Crippen molar-refractivity contribution >= 4 is 0 Å². The smallest absolute Gasteiger partial charge is 0.0808 e. The van der Waals surface area contributed by atoms with E-state index < -0.39 is 0 Å². The Morgan fingerprint density at radius 2 is 2.36 bits per heavy atom. The van der Waals surface area contributed by atoms with Gasteiger partial charge in [0.15, 0.2) is 0 Å². The van der Waals surface area contributed by atoms with Crippen molar-refractivity contribution in [2.24, 2.45) is 0 Å². The fourth-order valence-electron chi connectivity index (χ4n) is 1.73. The minimum Gasteiger partial charge on any atom is -0.376 e. The highest BCUT2D eigenvalue weighted by Gasteiger charge is 2.15. The zero-order valence-electron chi connectivity index (χ0n) is 9.42. The molecule has 0 spiro atoms. The van der Waals surface area contributed by atoms with Gasteiger partial charge < -0.3 is 14.8 Å². The number of likely N-dealkylation sites (N-methyl/N-ethyl adjacent to an activating group) is 1. The minimum atomic E-state index is 0.338. The Morgan fingerprint density at radius 1 is 1.50 bits per heavy atom. The third-order valence-electron chi connectivity index (χ3n) is 2.68. The summed E-state index contributed by atoms with van der Waals surface area (Å²) in [6.07, 6.45) is 5.41. The zero-order chi connectivity index (χ0) is 10.2. The monoisotopic (exact) mass is 201 g/mol. The molecule has 1 aliphatic heterocycles. The molecule has 3 nitrogen and oxygen atoms in total. The maximum absolute atomic E-state index is 5.78. The molecule has 0 amide bonds. The van der Waals surface area contributed by atoms with Crippen LogP contribution in [0.4, 0.5) is 0 Å². The van der Waals surface area contributed by atoms with Crippen LogP contribution in [0.5, 0.6) is 0 Å². The molecule has 1 fully saturated rings. The Kier molecular flexibility index (Phi) is 6.15. The van der Waals surface area contributed by atoms with Crippen LogP contribution < -0.4 is 5.32 Å². The standard InChI is InChI=1S/C11H23NO2/c1-3-10(8-12-2)14-9-11-6-4-5-7-13-11/h10-12H,3-9H2,1-2H3. The van der Waals surface area contributed by atoms with Crippen molar-refractivity contribution in [1.82, 2.24) is 5.32 Å². The van der Waals surface area contributed by atoms with Crippen molar-refractivity contribution < 1.29 is 9.47 Å². The summed E-state index contributed by atoms with van der Waals surface area (Å²) in [5.41, 5.74) is 0. The van der Waals surface area contributed by atoms with Crippen LogP contribution in [0.2, 0.25) is 0 Å². The normalized spacial score (nSPS) is 24.9. The first kappa shape index (κ1) is 12.0. The molecule has 2 unspecified atom stereocenters. The van der Waals surface area contributed by atoms with E-state index in [4.69, 9.17) is 9.47 Å². The van der Waals surface area contributed by atoms with Crippen LogP contribution in [0.15, 0.2) is 0 Å². The lowest BCUT2D eigenvalue weighted by molar-refractivity contribution is -0.0626. The average molecular weight is 201 g/mol. The molecule has 0 aromatic rings. The second-order valence-electron chi connectivity index (χ2n) is 3.91. The molecule has 0 aliphatic carbocycles. The van der Waals surface area contributed by atoms with Gasteiger partial charge in [-0.15, -0.1) is 0 Å².